The third-order valence-corrected chi connectivity index (χ3v) is 11.5. The van der Waals surface area contributed by atoms with Crippen LogP contribution in [0.3, 0.4) is 0 Å². The Morgan fingerprint density at radius 2 is 1.18 bits per heavy atom. The third-order valence-electron chi connectivity index (χ3n) is 6.67. The van der Waals surface area contributed by atoms with E-state index in [0.29, 0.717) is 0 Å². The summed E-state index contributed by atoms with van der Waals surface area (Å²) >= 11 is 7.71. The normalized spacial score (nSPS) is 12.4. The van der Waals surface area contributed by atoms with Gasteiger partial charge in [0.25, 0.3) is 0 Å². The first-order valence-corrected chi connectivity index (χ1v) is 16.2. The van der Waals surface area contributed by atoms with E-state index in [9.17, 15) is 0 Å². The van der Waals surface area contributed by atoms with E-state index in [2.05, 4.69) is 77.9 Å². The standard InChI is InChI=1S/C29H37O2PS2/c1-7-28(3,4)24-16-12-18-26(20-24)30-32(33,34-22-23-14-10-9-11-15-23)31-27-19-13-17-25(21-27)29(5,6)8-2/h9-21H,7-8,22H2,1-6H3. The van der Waals surface area contributed by atoms with Gasteiger partial charge in [0.15, 0.2) is 0 Å². The van der Waals surface area contributed by atoms with E-state index in [-0.39, 0.29) is 10.8 Å². The maximum Gasteiger partial charge on any atom is 0.348 e. The molecule has 2 nitrogen and oxygen atoms in total. The van der Waals surface area contributed by atoms with E-state index in [1.54, 1.807) is 11.4 Å². The maximum absolute atomic E-state index is 6.53. The van der Waals surface area contributed by atoms with E-state index in [0.717, 1.165) is 30.1 Å². The summed E-state index contributed by atoms with van der Waals surface area (Å²) in [6, 6.07) is 27.0. The van der Waals surface area contributed by atoms with Crippen LogP contribution in [-0.2, 0) is 28.4 Å². The molecule has 0 heterocycles. The number of benzene rings is 3. The summed E-state index contributed by atoms with van der Waals surface area (Å²) in [5, 5.41) is 0. The van der Waals surface area contributed by atoms with Crippen molar-refractivity contribution >= 4 is 28.9 Å². The molecule has 0 aliphatic heterocycles. The van der Waals surface area contributed by atoms with Crippen LogP contribution in [0.15, 0.2) is 78.9 Å². The Kier molecular flexibility index (Phi) is 8.95. The van der Waals surface area contributed by atoms with Crippen molar-refractivity contribution in [1.82, 2.24) is 0 Å². The van der Waals surface area contributed by atoms with E-state index < -0.39 is 5.69 Å². The van der Waals surface area contributed by atoms with Crippen molar-refractivity contribution in [3.05, 3.63) is 95.6 Å². The van der Waals surface area contributed by atoms with Gasteiger partial charge in [-0.1, -0.05) is 96.1 Å². The minimum atomic E-state index is -2.74. The van der Waals surface area contributed by atoms with Gasteiger partial charge in [-0.15, -0.1) is 0 Å². The number of rotatable bonds is 11. The minimum Gasteiger partial charge on any atom is -0.428 e. The van der Waals surface area contributed by atoms with Crippen molar-refractivity contribution in [2.24, 2.45) is 0 Å². The Balaban J connectivity index is 1.91. The average Bonchev–Trinajstić information content (AvgIpc) is 2.84. The lowest BCUT2D eigenvalue weighted by molar-refractivity contribution is 0.485. The van der Waals surface area contributed by atoms with Gasteiger partial charge in [0.05, 0.1) is 0 Å². The van der Waals surface area contributed by atoms with Gasteiger partial charge in [-0.05, 0) is 87.8 Å². The zero-order valence-corrected chi connectivity index (χ0v) is 23.7. The fourth-order valence-electron chi connectivity index (χ4n) is 3.41. The minimum absolute atomic E-state index is 0.0695. The van der Waals surface area contributed by atoms with Crippen molar-refractivity contribution in [3.8, 4) is 11.5 Å². The Morgan fingerprint density at radius 3 is 1.62 bits per heavy atom. The van der Waals surface area contributed by atoms with Gasteiger partial charge in [-0.3, -0.25) is 0 Å². The van der Waals surface area contributed by atoms with Crippen LogP contribution in [-0.4, -0.2) is 0 Å². The molecule has 0 fully saturated rings. The monoisotopic (exact) mass is 512 g/mol. The first-order valence-electron chi connectivity index (χ1n) is 12.0. The summed E-state index contributed by atoms with van der Waals surface area (Å²) < 4.78 is 13.1. The molecule has 182 valence electrons. The highest BCUT2D eigenvalue weighted by atomic mass is 32.9. The Labute approximate surface area is 215 Å². The first-order chi connectivity index (χ1) is 16.1. The van der Waals surface area contributed by atoms with Crippen molar-refractivity contribution in [2.75, 3.05) is 0 Å². The summed E-state index contributed by atoms with van der Waals surface area (Å²) in [4.78, 5) is 0. The Bertz CT molecular complexity index is 1060. The maximum atomic E-state index is 6.53. The molecule has 0 unspecified atom stereocenters. The van der Waals surface area contributed by atoms with Crippen molar-refractivity contribution < 1.29 is 9.05 Å². The molecule has 0 saturated carbocycles. The second-order valence-electron chi connectivity index (χ2n) is 9.92. The summed E-state index contributed by atoms with van der Waals surface area (Å²) in [5.41, 5.74) is 1.09. The van der Waals surface area contributed by atoms with Gasteiger partial charge in [0.2, 0.25) is 0 Å². The zero-order valence-electron chi connectivity index (χ0n) is 21.2. The van der Waals surface area contributed by atoms with E-state index in [1.807, 2.05) is 42.5 Å². The summed E-state index contributed by atoms with van der Waals surface area (Å²) in [6.45, 7) is 13.4. The van der Waals surface area contributed by atoms with Gasteiger partial charge in [0, 0.05) is 5.75 Å². The van der Waals surface area contributed by atoms with Crippen LogP contribution in [0.2, 0.25) is 0 Å². The molecule has 3 aromatic rings. The second-order valence-corrected chi connectivity index (χ2v) is 16.1. The number of hydrogen-bond acceptors (Lipinski definition) is 4. The lowest BCUT2D eigenvalue weighted by atomic mass is 9.82. The summed E-state index contributed by atoms with van der Waals surface area (Å²) in [7, 11) is 0. The predicted octanol–water partition coefficient (Wildman–Crippen LogP) is 9.68. The average molecular weight is 513 g/mol. The molecule has 0 N–H and O–H groups in total. The van der Waals surface area contributed by atoms with Crippen LogP contribution in [0.4, 0.5) is 0 Å². The topological polar surface area (TPSA) is 18.5 Å². The van der Waals surface area contributed by atoms with Crippen molar-refractivity contribution in [3.63, 3.8) is 0 Å². The van der Waals surface area contributed by atoms with Crippen LogP contribution < -0.4 is 9.05 Å². The molecule has 34 heavy (non-hydrogen) atoms. The predicted molar refractivity (Wildman–Crippen MR) is 153 cm³/mol. The van der Waals surface area contributed by atoms with Crippen LogP contribution in [0.5, 0.6) is 11.5 Å². The molecule has 0 radical (unpaired) electrons. The lowest BCUT2D eigenvalue weighted by Crippen LogP contribution is -2.15. The summed E-state index contributed by atoms with van der Waals surface area (Å²) in [5.74, 6) is 2.28. The highest BCUT2D eigenvalue weighted by Gasteiger charge is 2.27. The van der Waals surface area contributed by atoms with Gasteiger partial charge in [0.1, 0.15) is 11.5 Å². The molecule has 0 atom stereocenters. The van der Waals surface area contributed by atoms with Gasteiger partial charge in [-0.25, -0.2) is 0 Å². The molecule has 5 heteroatoms. The zero-order chi connectivity index (χ0) is 24.8. The second kappa shape index (κ2) is 11.3. The van der Waals surface area contributed by atoms with Crippen LogP contribution in [0, 0.1) is 0 Å². The van der Waals surface area contributed by atoms with E-state index in [1.165, 1.54) is 16.7 Å². The SMILES string of the molecule is CCC(C)(C)c1cccc(OP(=S)(Oc2cccc(C(C)(C)CC)c2)SCc2ccccc2)c1. The molecule has 0 aromatic heterocycles. The highest BCUT2D eigenvalue weighted by molar-refractivity contribution is 8.67. The highest BCUT2D eigenvalue weighted by Crippen LogP contribution is 2.61. The fraction of sp³-hybridized carbons (Fsp3) is 0.379. The van der Waals surface area contributed by atoms with Crippen molar-refractivity contribution in [2.45, 2.75) is 71.0 Å². The molecular formula is C29H37O2PS2. The molecule has 0 spiro atoms. The van der Waals surface area contributed by atoms with Crippen LogP contribution >= 0.6 is 17.1 Å². The van der Waals surface area contributed by atoms with Crippen LogP contribution in [0.1, 0.15) is 71.1 Å². The van der Waals surface area contributed by atoms with Gasteiger partial charge in [-0.2, -0.15) is 0 Å². The molecule has 3 rings (SSSR count). The smallest absolute Gasteiger partial charge is 0.348 e. The molecular weight excluding hydrogens is 475 g/mol. The molecule has 0 bridgehead atoms. The molecule has 3 aromatic carbocycles. The Hall–Kier alpha value is -1.74. The molecule has 0 saturated heterocycles. The van der Waals surface area contributed by atoms with Gasteiger partial charge < -0.3 is 9.05 Å². The molecule has 0 aliphatic rings. The summed E-state index contributed by atoms with van der Waals surface area (Å²) in [6.07, 6.45) is 2.09. The van der Waals surface area contributed by atoms with E-state index in [4.69, 9.17) is 20.9 Å². The lowest BCUT2D eigenvalue weighted by Gasteiger charge is -2.27. The number of hydrogen-bond donors (Lipinski definition) is 0. The fourth-order valence-corrected chi connectivity index (χ4v) is 7.54. The largest absolute Gasteiger partial charge is 0.428 e. The van der Waals surface area contributed by atoms with Crippen molar-refractivity contribution in [1.29, 1.82) is 0 Å². The first kappa shape index (κ1) is 26.9. The Morgan fingerprint density at radius 1 is 0.706 bits per heavy atom. The van der Waals surface area contributed by atoms with Gasteiger partial charge >= 0.3 is 5.69 Å². The molecule has 0 aliphatic carbocycles. The van der Waals surface area contributed by atoms with Crippen LogP contribution in [0.25, 0.3) is 0 Å². The quantitative estimate of drug-likeness (QED) is 0.238. The van der Waals surface area contributed by atoms with E-state index >= 15 is 0 Å². The third kappa shape index (κ3) is 7.13. The molecule has 0 amide bonds.